The molecule has 2 rings (SSSR count). The van der Waals surface area contributed by atoms with Gasteiger partial charge in [-0.25, -0.2) is 0 Å². The summed E-state index contributed by atoms with van der Waals surface area (Å²) in [5.74, 6) is 0. The number of nitrogens with one attached hydrogen (secondary N) is 1. The summed E-state index contributed by atoms with van der Waals surface area (Å²) < 4.78 is 5.49. The first-order valence-electron chi connectivity index (χ1n) is 7.41. The summed E-state index contributed by atoms with van der Waals surface area (Å²) in [4.78, 5) is 0. The average molecular weight is 255 g/mol. The molecule has 0 amide bonds. The van der Waals surface area contributed by atoms with Crippen LogP contribution >= 0.6 is 0 Å². The second-order valence-electron chi connectivity index (χ2n) is 6.93. The number of aliphatic hydroxyl groups is 1. The normalized spacial score (nSPS) is 34.0. The summed E-state index contributed by atoms with van der Waals surface area (Å²) in [5.41, 5.74) is 0.368. The number of hydrogen-bond donors (Lipinski definition) is 2. The average Bonchev–Trinajstić information content (AvgIpc) is 2.39. The zero-order chi connectivity index (χ0) is 13.2. The van der Waals surface area contributed by atoms with Crippen LogP contribution in [0.1, 0.15) is 52.4 Å². The van der Waals surface area contributed by atoms with E-state index in [2.05, 4.69) is 19.2 Å². The Hall–Kier alpha value is -0.120. The quantitative estimate of drug-likeness (QED) is 0.792. The molecule has 2 aliphatic rings. The van der Waals surface area contributed by atoms with Crippen LogP contribution in [0.15, 0.2) is 0 Å². The first-order chi connectivity index (χ1) is 8.54. The van der Waals surface area contributed by atoms with Gasteiger partial charge < -0.3 is 15.2 Å². The fraction of sp³-hybridized carbons (Fsp3) is 1.00. The van der Waals surface area contributed by atoms with Crippen LogP contribution in [0.5, 0.6) is 0 Å². The fourth-order valence-corrected chi connectivity index (χ4v) is 3.66. The van der Waals surface area contributed by atoms with Gasteiger partial charge in [0.2, 0.25) is 0 Å². The van der Waals surface area contributed by atoms with Crippen LogP contribution in [0.4, 0.5) is 0 Å². The molecule has 2 fully saturated rings. The first-order valence-corrected chi connectivity index (χ1v) is 7.41. The van der Waals surface area contributed by atoms with Crippen molar-refractivity contribution in [2.45, 2.75) is 64.5 Å². The van der Waals surface area contributed by atoms with Crippen LogP contribution in [0.2, 0.25) is 0 Å². The third kappa shape index (κ3) is 2.59. The highest BCUT2D eigenvalue weighted by Crippen LogP contribution is 2.43. The van der Waals surface area contributed by atoms with E-state index in [1.165, 1.54) is 32.1 Å². The van der Waals surface area contributed by atoms with Crippen molar-refractivity contribution in [1.82, 2.24) is 5.32 Å². The smallest absolute Gasteiger partial charge is 0.0652 e. The fourth-order valence-electron chi connectivity index (χ4n) is 3.66. The van der Waals surface area contributed by atoms with Crippen LogP contribution in [-0.2, 0) is 4.74 Å². The molecule has 3 heteroatoms. The Kier molecular flexibility index (Phi) is 4.35. The zero-order valence-electron chi connectivity index (χ0n) is 12.2. The molecule has 3 nitrogen and oxygen atoms in total. The highest BCUT2D eigenvalue weighted by Gasteiger charge is 2.48. The summed E-state index contributed by atoms with van der Waals surface area (Å²) in [6, 6.07) is 0.535. The molecule has 0 bridgehead atoms. The van der Waals surface area contributed by atoms with Gasteiger partial charge in [0, 0.05) is 37.1 Å². The third-order valence-corrected chi connectivity index (χ3v) is 5.44. The highest BCUT2D eigenvalue weighted by molar-refractivity contribution is 5.03. The van der Waals surface area contributed by atoms with Gasteiger partial charge in [-0.1, -0.05) is 33.1 Å². The Morgan fingerprint density at radius 3 is 2.39 bits per heavy atom. The Morgan fingerprint density at radius 1 is 1.22 bits per heavy atom. The van der Waals surface area contributed by atoms with E-state index in [-0.39, 0.29) is 10.8 Å². The molecule has 0 heterocycles. The molecule has 0 aromatic rings. The summed E-state index contributed by atoms with van der Waals surface area (Å²) in [6.07, 6.45) is 7.72. The largest absolute Gasteiger partial charge is 0.396 e. The molecule has 0 spiro atoms. The lowest BCUT2D eigenvalue weighted by Gasteiger charge is -2.52. The Bertz CT molecular complexity index is 272. The van der Waals surface area contributed by atoms with Crippen molar-refractivity contribution in [2.24, 2.45) is 10.8 Å². The van der Waals surface area contributed by atoms with Gasteiger partial charge in [0.15, 0.2) is 0 Å². The van der Waals surface area contributed by atoms with E-state index in [4.69, 9.17) is 4.74 Å². The van der Waals surface area contributed by atoms with Crippen molar-refractivity contribution in [3.63, 3.8) is 0 Å². The molecular weight excluding hydrogens is 226 g/mol. The monoisotopic (exact) mass is 255 g/mol. The Morgan fingerprint density at radius 2 is 1.89 bits per heavy atom. The van der Waals surface area contributed by atoms with Gasteiger partial charge in [0.05, 0.1) is 6.10 Å². The second-order valence-corrected chi connectivity index (χ2v) is 6.93. The first kappa shape index (κ1) is 14.3. The molecule has 18 heavy (non-hydrogen) atoms. The molecule has 0 aromatic heterocycles. The van der Waals surface area contributed by atoms with Crippen molar-refractivity contribution >= 4 is 0 Å². The molecule has 0 aliphatic heterocycles. The number of rotatable bonds is 5. The molecule has 0 saturated heterocycles. The molecule has 2 aliphatic carbocycles. The topological polar surface area (TPSA) is 41.5 Å². The predicted molar refractivity (Wildman–Crippen MR) is 73.6 cm³/mol. The molecule has 0 radical (unpaired) electrons. The second kappa shape index (κ2) is 5.48. The minimum atomic E-state index is 0.145. The molecule has 2 saturated carbocycles. The van der Waals surface area contributed by atoms with Crippen molar-refractivity contribution < 1.29 is 9.84 Å². The molecule has 106 valence electrons. The van der Waals surface area contributed by atoms with Crippen LogP contribution in [0.3, 0.4) is 0 Å². The van der Waals surface area contributed by atoms with Crippen molar-refractivity contribution in [1.29, 1.82) is 0 Å². The van der Waals surface area contributed by atoms with Crippen LogP contribution in [0, 0.1) is 10.8 Å². The van der Waals surface area contributed by atoms with Crippen molar-refractivity contribution in [2.75, 3.05) is 20.3 Å². The van der Waals surface area contributed by atoms with Gasteiger partial charge in [-0.2, -0.15) is 0 Å². The molecule has 2 unspecified atom stereocenters. The van der Waals surface area contributed by atoms with Crippen LogP contribution in [0.25, 0.3) is 0 Å². The van der Waals surface area contributed by atoms with Crippen LogP contribution < -0.4 is 5.32 Å². The summed E-state index contributed by atoms with van der Waals surface area (Å²) in [7, 11) is 1.80. The third-order valence-electron chi connectivity index (χ3n) is 5.44. The van der Waals surface area contributed by atoms with E-state index in [9.17, 15) is 5.11 Å². The maximum absolute atomic E-state index is 9.71. The van der Waals surface area contributed by atoms with E-state index in [1.54, 1.807) is 7.11 Å². The number of hydrogen-bond acceptors (Lipinski definition) is 3. The Labute approximate surface area is 111 Å². The van der Waals surface area contributed by atoms with Gasteiger partial charge >= 0.3 is 0 Å². The van der Waals surface area contributed by atoms with E-state index in [0.717, 1.165) is 13.0 Å². The van der Waals surface area contributed by atoms with E-state index < -0.39 is 0 Å². The maximum Gasteiger partial charge on any atom is 0.0652 e. The highest BCUT2D eigenvalue weighted by atomic mass is 16.5. The lowest BCUT2D eigenvalue weighted by molar-refractivity contribution is -0.101. The minimum absolute atomic E-state index is 0.145. The minimum Gasteiger partial charge on any atom is -0.396 e. The summed E-state index contributed by atoms with van der Waals surface area (Å²) in [6.45, 7) is 5.85. The molecule has 2 atom stereocenters. The van der Waals surface area contributed by atoms with Gasteiger partial charge in [-0.15, -0.1) is 0 Å². The van der Waals surface area contributed by atoms with E-state index in [0.29, 0.717) is 18.8 Å². The summed E-state index contributed by atoms with van der Waals surface area (Å²) in [5, 5.41) is 13.4. The Balaban J connectivity index is 1.84. The molecule has 0 aromatic carbocycles. The lowest BCUT2D eigenvalue weighted by Crippen LogP contribution is -2.62. The lowest BCUT2D eigenvalue weighted by atomic mass is 9.64. The van der Waals surface area contributed by atoms with Crippen molar-refractivity contribution in [3.8, 4) is 0 Å². The molecular formula is C15H29NO2. The van der Waals surface area contributed by atoms with Gasteiger partial charge in [0.1, 0.15) is 0 Å². The molecule has 2 N–H and O–H groups in total. The summed E-state index contributed by atoms with van der Waals surface area (Å²) >= 11 is 0. The standard InChI is InChI=1S/C15H29NO2/c1-14(2)12(9-13(14)18-3)16-10-15(11-17)7-5-4-6-8-15/h12-13,16-17H,4-11H2,1-3H3. The van der Waals surface area contributed by atoms with Gasteiger partial charge in [0.25, 0.3) is 0 Å². The van der Waals surface area contributed by atoms with Gasteiger partial charge in [-0.3, -0.25) is 0 Å². The van der Waals surface area contributed by atoms with E-state index in [1.807, 2.05) is 0 Å². The van der Waals surface area contributed by atoms with Gasteiger partial charge in [-0.05, 0) is 19.3 Å². The SMILES string of the molecule is COC1CC(NCC2(CO)CCCCC2)C1(C)C. The van der Waals surface area contributed by atoms with Crippen molar-refractivity contribution in [3.05, 3.63) is 0 Å². The number of ether oxygens (including phenoxy) is 1. The number of aliphatic hydroxyl groups excluding tert-OH is 1. The van der Waals surface area contributed by atoms with E-state index >= 15 is 0 Å². The zero-order valence-corrected chi connectivity index (χ0v) is 12.2. The van der Waals surface area contributed by atoms with Crippen LogP contribution in [-0.4, -0.2) is 37.5 Å². The number of methoxy groups -OCH3 is 1. The predicted octanol–water partition coefficient (Wildman–Crippen LogP) is 2.33. The maximum atomic E-state index is 9.71.